The second-order valence-corrected chi connectivity index (χ2v) is 8.77. The van der Waals surface area contributed by atoms with Crippen LogP contribution >= 0.6 is 0 Å². The van der Waals surface area contributed by atoms with E-state index >= 15 is 0 Å². The Bertz CT molecular complexity index is 1250. The molecule has 7 nitrogen and oxygen atoms in total. The Morgan fingerprint density at radius 2 is 2.00 bits per heavy atom. The topological polar surface area (TPSA) is 86.7 Å². The van der Waals surface area contributed by atoms with E-state index in [2.05, 4.69) is 32.7 Å². The number of aryl methyl sites for hydroxylation is 1. The first-order chi connectivity index (χ1) is 17.1. The number of carboxylic acid groups (broad SMARTS) is 1. The first-order valence-electron chi connectivity index (χ1n) is 11.4. The Kier molecular flexibility index (Phi) is 7.35. The van der Waals surface area contributed by atoms with Gasteiger partial charge in [-0.05, 0) is 73.5 Å². The second kappa shape index (κ2) is 10.4. The molecule has 36 heavy (non-hydrogen) atoms. The molecule has 1 atom stereocenters. The monoisotopic (exact) mass is 500 g/mol. The molecule has 2 aromatic carbocycles. The summed E-state index contributed by atoms with van der Waals surface area (Å²) in [4.78, 5) is 17.8. The summed E-state index contributed by atoms with van der Waals surface area (Å²) in [5.74, 6) is -0.845. The number of likely N-dealkylation sites (N-methyl/N-ethyl adjacent to an activating group) is 1. The Balaban J connectivity index is 1.47. The average molecular weight is 501 g/mol. The number of nitrogens with zero attached hydrogens (tertiary/aromatic N) is 2. The van der Waals surface area contributed by atoms with Gasteiger partial charge in [0.15, 0.2) is 6.61 Å². The van der Waals surface area contributed by atoms with Crippen molar-refractivity contribution in [3.8, 4) is 5.75 Å². The molecule has 0 saturated carbocycles. The number of pyridine rings is 1. The molecule has 3 N–H and O–H groups in total. The van der Waals surface area contributed by atoms with Crippen LogP contribution in [0.25, 0.3) is 0 Å². The predicted octanol–water partition coefficient (Wildman–Crippen LogP) is 5.41. The van der Waals surface area contributed by atoms with Crippen molar-refractivity contribution in [3.05, 3.63) is 77.1 Å². The van der Waals surface area contributed by atoms with Crippen LogP contribution in [0.2, 0.25) is 0 Å². The first kappa shape index (κ1) is 25.3. The molecule has 190 valence electrons. The molecule has 0 radical (unpaired) electrons. The standard InChI is InChI=1S/C26H27F3N4O3/c1-16-11-19(36-15-26(27,28)29)4-6-22(16)32-18-3-5-20-17(12-18)8-10-33(2)24(20)14-31-23-13-30-9-7-21(23)25(34)35/h3-7,9,11-13,24,31-32H,8,10,14-15H2,1-2H3,(H,34,35)/t24-/m1/s1. The van der Waals surface area contributed by atoms with Crippen LogP contribution in [0.3, 0.4) is 0 Å². The molecular formula is C26H27F3N4O3. The van der Waals surface area contributed by atoms with Gasteiger partial charge >= 0.3 is 12.1 Å². The van der Waals surface area contributed by atoms with Gasteiger partial charge < -0.3 is 20.5 Å². The summed E-state index contributed by atoms with van der Waals surface area (Å²) >= 11 is 0. The molecular weight excluding hydrogens is 473 g/mol. The lowest BCUT2D eigenvalue weighted by atomic mass is 9.92. The molecule has 0 fully saturated rings. The maximum atomic E-state index is 12.4. The molecule has 0 aliphatic carbocycles. The van der Waals surface area contributed by atoms with Gasteiger partial charge in [0.05, 0.1) is 23.5 Å². The zero-order chi connectivity index (χ0) is 25.9. The molecule has 0 bridgehead atoms. The number of halogens is 3. The quantitative estimate of drug-likeness (QED) is 0.381. The number of rotatable bonds is 8. The van der Waals surface area contributed by atoms with E-state index in [1.165, 1.54) is 30.1 Å². The summed E-state index contributed by atoms with van der Waals surface area (Å²) in [5.41, 5.74) is 5.39. The molecule has 1 aliphatic rings. The van der Waals surface area contributed by atoms with Gasteiger partial charge in [-0.1, -0.05) is 6.07 Å². The van der Waals surface area contributed by atoms with Crippen molar-refractivity contribution in [2.24, 2.45) is 0 Å². The van der Waals surface area contributed by atoms with E-state index in [9.17, 15) is 23.1 Å². The number of nitrogens with one attached hydrogen (secondary N) is 2. The number of aromatic carboxylic acids is 1. The highest BCUT2D eigenvalue weighted by Crippen LogP contribution is 2.33. The molecule has 2 heterocycles. The van der Waals surface area contributed by atoms with E-state index in [0.29, 0.717) is 12.2 Å². The predicted molar refractivity (Wildman–Crippen MR) is 131 cm³/mol. The van der Waals surface area contributed by atoms with Crippen molar-refractivity contribution >= 4 is 23.0 Å². The number of carbonyl (C=O) groups is 1. The number of hydrogen-bond donors (Lipinski definition) is 3. The van der Waals surface area contributed by atoms with Crippen LogP contribution in [0.15, 0.2) is 54.9 Å². The molecule has 4 rings (SSSR count). The van der Waals surface area contributed by atoms with E-state index in [4.69, 9.17) is 4.74 Å². The number of hydrogen-bond acceptors (Lipinski definition) is 6. The van der Waals surface area contributed by atoms with Crippen LogP contribution in [0.1, 0.15) is 33.1 Å². The van der Waals surface area contributed by atoms with E-state index in [0.717, 1.165) is 35.5 Å². The fourth-order valence-electron chi connectivity index (χ4n) is 4.30. The Hall–Kier alpha value is -3.79. The van der Waals surface area contributed by atoms with E-state index in [-0.39, 0.29) is 17.4 Å². The highest BCUT2D eigenvalue weighted by atomic mass is 19.4. The second-order valence-electron chi connectivity index (χ2n) is 8.77. The average Bonchev–Trinajstić information content (AvgIpc) is 2.83. The molecule has 3 aromatic rings. The smallest absolute Gasteiger partial charge is 0.422 e. The fourth-order valence-corrected chi connectivity index (χ4v) is 4.30. The van der Waals surface area contributed by atoms with E-state index in [1.54, 1.807) is 12.1 Å². The highest BCUT2D eigenvalue weighted by molar-refractivity contribution is 5.93. The summed E-state index contributed by atoms with van der Waals surface area (Å²) in [5, 5.41) is 16.0. The Morgan fingerprint density at radius 1 is 1.19 bits per heavy atom. The minimum Gasteiger partial charge on any atom is -0.484 e. The molecule has 10 heteroatoms. The van der Waals surface area contributed by atoms with Crippen LogP contribution < -0.4 is 15.4 Å². The molecule has 1 aliphatic heterocycles. The largest absolute Gasteiger partial charge is 0.484 e. The van der Waals surface area contributed by atoms with Crippen molar-refractivity contribution in [3.63, 3.8) is 0 Å². The van der Waals surface area contributed by atoms with Crippen molar-refractivity contribution in [1.82, 2.24) is 9.88 Å². The van der Waals surface area contributed by atoms with Gasteiger partial charge in [0, 0.05) is 30.7 Å². The first-order valence-corrected chi connectivity index (χ1v) is 11.4. The summed E-state index contributed by atoms with van der Waals surface area (Å²) in [6.07, 6.45) is -0.557. The van der Waals surface area contributed by atoms with Crippen molar-refractivity contribution in [1.29, 1.82) is 0 Å². The maximum absolute atomic E-state index is 12.4. The SMILES string of the molecule is Cc1cc(OCC(F)(F)F)ccc1Nc1ccc2c(c1)CCN(C)[C@@H]2CNc1cnccc1C(=O)O. The lowest BCUT2D eigenvalue weighted by Gasteiger charge is -2.35. The summed E-state index contributed by atoms with van der Waals surface area (Å²) in [6.45, 7) is 1.83. The third-order valence-corrected chi connectivity index (χ3v) is 6.18. The minimum atomic E-state index is -4.38. The van der Waals surface area contributed by atoms with Crippen LogP contribution in [0, 0.1) is 6.92 Å². The molecule has 0 saturated heterocycles. The van der Waals surface area contributed by atoms with Gasteiger partial charge in [0.2, 0.25) is 0 Å². The normalized spacial score (nSPS) is 15.8. The van der Waals surface area contributed by atoms with E-state index < -0.39 is 18.8 Å². The zero-order valence-corrected chi connectivity index (χ0v) is 19.9. The lowest BCUT2D eigenvalue weighted by molar-refractivity contribution is -0.153. The van der Waals surface area contributed by atoms with Gasteiger partial charge in [-0.3, -0.25) is 9.88 Å². The third kappa shape index (κ3) is 6.06. The van der Waals surface area contributed by atoms with Crippen LogP contribution in [0.5, 0.6) is 5.75 Å². The summed E-state index contributed by atoms with van der Waals surface area (Å²) in [6, 6.07) is 12.4. The number of alkyl halides is 3. The Labute approximate surface area is 206 Å². The lowest BCUT2D eigenvalue weighted by Crippen LogP contribution is -2.36. The van der Waals surface area contributed by atoms with Crippen molar-refractivity contribution in [2.75, 3.05) is 37.4 Å². The van der Waals surface area contributed by atoms with Crippen LogP contribution in [0.4, 0.5) is 30.2 Å². The van der Waals surface area contributed by atoms with Gasteiger partial charge in [-0.2, -0.15) is 13.2 Å². The summed E-state index contributed by atoms with van der Waals surface area (Å²) in [7, 11) is 2.04. The van der Waals surface area contributed by atoms with Gasteiger partial charge in [-0.25, -0.2) is 4.79 Å². The Morgan fingerprint density at radius 3 is 2.72 bits per heavy atom. The molecule has 0 spiro atoms. The number of anilines is 3. The fraction of sp³-hybridized carbons (Fsp3) is 0.308. The summed E-state index contributed by atoms with van der Waals surface area (Å²) < 4.78 is 42.1. The van der Waals surface area contributed by atoms with Gasteiger partial charge in [-0.15, -0.1) is 0 Å². The molecule has 0 unspecified atom stereocenters. The third-order valence-electron chi connectivity index (χ3n) is 6.18. The number of carboxylic acids is 1. The van der Waals surface area contributed by atoms with Crippen molar-refractivity contribution in [2.45, 2.75) is 25.6 Å². The van der Waals surface area contributed by atoms with E-state index in [1.807, 2.05) is 20.0 Å². The van der Waals surface area contributed by atoms with Crippen molar-refractivity contribution < 1.29 is 27.8 Å². The van der Waals surface area contributed by atoms with Gasteiger partial charge in [0.25, 0.3) is 0 Å². The number of aromatic nitrogens is 1. The highest BCUT2D eigenvalue weighted by Gasteiger charge is 2.28. The minimum absolute atomic E-state index is 0.0384. The van der Waals surface area contributed by atoms with Crippen LogP contribution in [-0.2, 0) is 6.42 Å². The number of benzene rings is 2. The zero-order valence-electron chi connectivity index (χ0n) is 19.9. The van der Waals surface area contributed by atoms with Gasteiger partial charge in [0.1, 0.15) is 5.75 Å². The molecule has 0 amide bonds. The molecule has 1 aromatic heterocycles. The van der Waals surface area contributed by atoms with Crippen LogP contribution in [-0.4, -0.2) is 53.9 Å². The maximum Gasteiger partial charge on any atom is 0.422 e. The number of fused-ring (bicyclic) bond motifs is 1. The number of ether oxygens (including phenoxy) is 1.